The zero-order valence-corrected chi connectivity index (χ0v) is 28.0. The molecule has 11 heteroatoms. The van der Waals surface area contributed by atoms with Crippen molar-refractivity contribution in [3.8, 4) is 0 Å². The van der Waals surface area contributed by atoms with E-state index in [0.717, 1.165) is 69.0 Å². The van der Waals surface area contributed by atoms with E-state index in [1.54, 1.807) is 30.5 Å². The molecular formula is C36H34Cl2N6O2S. The zero-order valence-electron chi connectivity index (χ0n) is 25.7. The largest absolute Gasteiger partial charge is 0.339 e. The van der Waals surface area contributed by atoms with E-state index in [1.165, 1.54) is 28.8 Å². The third-order valence-electron chi connectivity index (χ3n) is 8.58. The van der Waals surface area contributed by atoms with Crippen LogP contribution in [-0.2, 0) is 35.8 Å². The Hall–Kier alpha value is -3.99. The molecule has 1 aromatic heterocycles. The van der Waals surface area contributed by atoms with Gasteiger partial charge >= 0.3 is 0 Å². The lowest BCUT2D eigenvalue weighted by atomic mass is 10.0. The average Bonchev–Trinajstić information content (AvgIpc) is 3.07. The van der Waals surface area contributed by atoms with Crippen molar-refractivity contribution in [3.63, 3.8) is 0 Å². The molecule has 7 rings (SSSR count). The number of aryl methyl sites for hydroxylation is 2. The number of hydrogen-bond acceptors (Lipinski definition) is 8. The predicted octanol–water partition coefficient (Wildman–Crippen LogP) is 7.52. The molecule has 240 valence electrons. The fourth-order valence-electron chi connectivity index (χ4n) is 6.09. The Morgan fingerprint density at radius 2 is 1.32 bits per heavy atom. The van der Waals surface area contributed by atoms with Crippen LogP contribution in [0.1, 0.15) is 22.3 Å². The lowest BCUT2D eigenvalue weighted by Gasteiger charge is -2.35. The third-order valence-corrected chi connectivity index (χ3v) is 10.9. The second-order valence-corrected chi connectivity index (χ2v) is 14.8. The van der Waals surface area contributed by atoms with Gasteiger partial charge in [-0.05, 0) is 95.8 Å². The molecule has 8 nitrogen and oxygen atoms in total. The summed E-state index contributed by atoms with van der Waals surface area (Å²) < 4.78 is 26.0. The van der Waals surface area contributed by atoms with Crippen molar-refractivity contribution in [1.82, 2.24) is 19.8 Å². The summed E-state index contributed by atoms with van der Waals surface area (Å²) in [5.74, 6) is 1.05. The summed E-state index contributed by atoms with van der Waals surface area (Å²) in [7, 11) is -3.59. The van der Waals surface area contributed by atoms with Gasteiger partial charge in [-0.15, -0.1) is 0 Å². The Balaban J connectivity index is 1.01. The maximum absolute atomic E-state index is 13.0. The van der Waals surface area contributed by atoms with Crippen LogP contribution in [0.4, 0.5) is 23.1 Å². The molecule has 2 aliphatic heterocycles. The summed E-state index contributed by atoms with van der Waals surface area (Å²) in [6.07, 6.45) is 3.45. The number of rotatable bonds is 6. The van der Waals surface area contributed by atoms with Crippen LogP contribution < -0.4 is 10.6 Å². The van der Waals surface area contributed by atoms with E-state index in [0.29, 0.717) is 21.8 Å². The minimum atomic E-state index is -3.59. The molecule has 5 aromatic rings. The van der Waals surface area contributed by atoms with E-state index in [-0.39, 0.29) is 9.79 Å². The van der Waals surface area contributed by atoms with Crippen LogP contribution in [-0.4, -0.2) is 54.4 Å². The Morgan fingerprint density at radius 1 is 0.681 bits per heavy atom. The van der Waals surface area contributed by atoms with Gasteiger partial charge in [0.1, 0.15) is 5.02 Å². The first-order valence-electron chi connectivity index (χ1n) is 15.6. The van der Waals surface area contributed by atoms with Gasteiger partial charge in [0.2, 0.25) is 15.8 Å². The van der Waals surface area contributed by atoms with Crippen LogP contribution in [0.25, 0.3) is 0 Å². The molecule has 0 unspecified atom stereocenters. The lowest BCUT2D eigenvalue weighted by molar-refractivity contribution is 0.122. The second-order valence-electron chi connectivity index (χ2n) is 12.0. The van der Waals surface area contributed by atoms with Crippen molar-refractivity contribution in [2.45, 2.75) is 35.7 Å². The van der Waals surface area contributed by atoms with Crippen LogP contribution in [0.3, 0.4) is 0 Å². The van der Waals surface area contributed by atoms with Gasteiger partial charge in [-0.1, -0.05) is 53.5 Å². The summed E-state index contributed by atoms with van der Waals surface area (Å²) in [6, 6.07) is 28.5. The Labute approximate surface area is 285 Å². The van der Waals surface area contributed by atoms with Gasteiger partial charge in [0.15, 0.2) is 5.82 Å². The number of nitrogens with zero attached hydrogens (tertiary/aromatic N) is 4. The first-order valence-corrected chi connectivity index (χ1v) is 17.8. The molecule has 4 aromatic carbocycles. The molecule has 2 aliphatic rings. The van der Waals surface area contributed by atoms with Gasteiger partial charge in [-0.2, -0.15) is 4.98 Å². The molecule has 0 radical (unpaired) electrons. The van der Waals surface area contributed by atoms with Crippen LogP contribution in [0.5, 0.6) is 0 Å². The number of benzene rings is 4. The quantitative estimate of drug-likeness (QED) is 0.190. The molecule has 0 spiro atoms. The maximum Gasteiger partial charge on any atom is 0.229 e. The Morgan fingerprint density at radius 3 is 2.04 bits per heavy atom. The van der Waals surface area contributed by atoms with Crippen molar-refractivity contribution < 1.29 is 8.42 Å². The number of anilines is 4. The number of hydrogen-bond donors (Lipinski definition) is 2. The molecular weight excluding hydrogens is 651 g/mol. The van der Waals surface area contributed by atoms with Crippen molar-refractivity contribution in [2.75, 3.05) is 36.8 Å². The Kier molecular flexibility index (Phi) is 9.16. The number of aromatic nitrogens is 2. The molecule has 2 N–H and O–H groups in total. The highest BCUT2D eigenvalue weighted by Gasteiger charge is 2.20. The van der Waals surface area contributed by atoms with E-state index in [1.807, 2.05) is 18.2 Å². The number of fused-ring (bicyclic) bond motifs is 6. The molecule has 47 heavy (non-hydrogen) atoms. The Bertz CT molecular complexity index is 2000. The molecule has 0 atom stereocenters. The van der Waals surface area contributed by atoms with Gasteiger partial charge < -0.3 is 10.6 Å². The molecule has 0 aliphatic carbocycles. The van der Waals surface area contributed by atoms with Crippen LogP contribution in [0, 0.1) is 0 Å². The highest BCUT2D eigenvalue weighted by molar-refractivity contribution is 7.91. The zero-order chi connectivity index (χ0) is 32.4. The standard InChI is InChI=1S/C36H34Cl2N6O2S/c37-29-8-12-33(13-9-29)47(45,46)32-10-6-26(7-11-32)23-43-14-16-44(17-15-43)24-28-18-27-5-4-25-2-1-3-30(19-25)41-36-39-22-34(38)35(42-36)40-31(20-27)21-28/h1-3,6-13,18-22H,4-5,14-17,23-24H2,(H2,39,40,41,42). The topological polar surface area (TPSA) is 90.5 Å². The number of sulfone groups is 1. The highest BCUT2D eigenvalue weighted by atomic mass is 35.5. The monoisotopic (exact) mass is 684 g/mol. The van der Waals surface area contributed by atoms with Gasteiger partial charge in [-0.3, -0.25) is 9.80 Å². The number of halogens is 2. The molecule has 0 saturated carbocycles. The highest BCUT2D eigenvalue weighted by Crippen LogP contribution is 2.29. The first-order chi connectivity index (χ1) is 22.8. The maximum atomic E-state index is 13.0. The first kappa shape index (κ1) is 31.6. The second kappa shape index (κ2) is 13.6. The van der Waals surface area contributed by atoms with E-state index < -0.39 is 9.84 Å². The molecule has 6 bridgehead atoms. The average molecular weight is 686 g/mol. The van der Waals surface area contributed by atoms with E-state index in [2.05, 4.69) is 66.8 Å². The van der Waals surface area contributed by atoms with Crippen LogP contribution in [0.2, 0.25) is 10.0 Å². The summed E-state index contributed by atoms with van der Waals surface area (Å²) >= 11 is 12.4. The summed E-state index contributed by atoms with van der Waals surface area (Å²) in [5.41, 5.74) is 6.73. The number of piperazine rings is 1. The lowest BCUT2D eigenvalue weighted by Crippen LogP contribution is -2.45. The van der Waals surface area contributed by atoms with Crippen molar-refractivity contribution in [3.05, 3.63) is 129 Å². The summed E-state index contributed by atoms with van der Waals surface area (Å²) in [4.78, 5) is 14.4. The van der Waals surface area contributed by atoms with E-state index in [9.17, 15) is 8.42 Å². The number of nitrogens with one attached hydrogen (secondary N) is 2. The summed E-state index contributed by atoms with van der Waals surface area (Å²) in [6.45, 7) is 5.35. The third kappa shape index (κ3) is 7.61. The van der Waals surface area contributed by atoms with Crippen LogP contribution in [0.15, 0.2) is 107 Å². The van der Waals surface area contributed by atoms with Crippen molar-refractivity contribution in [1.29, 1.82) is 0 Å². The van der Waals surface area contributed by atoms with Crippen molar-refractivity contribution in [2.24, 2.45) is 0 Å². The molecule has 0 amide bonds. The predicted molar refractivity (Wildman–Crippen MR) is 188 cm³/mol. The minimum Gasteiger partial charge on any atom is -0.339 e. The van der Waals surface area contributed by atoms with Gasteiger partial charge in [0.25, 0.3) is 0 Å². The molecule has 1 fully saturated rings. The minimum absolute atomic E-state index is 0.239. The normalized spacial score (nSPS) is 15.4. The van der Waals surface area contributed by atoms with Crippen molar-refractivity contribution >= 4 is 56.2 Å². The fourth-order valence-corrected chi connectivity index (χ4v) is 7.62. The fraction of sp³-hybridized carbons (Fsp3) is 0.222. The SMILES string of the molecule is O=S(=O)(c1ccc(Cl)cc1)c1ccc(CN2CCN(Cc3cc4cc(c3)Nc3nc(ncc3Cl)Nc3cccc(c3)CC4)CC2)cc1. The van der Waals surface area contributed by atoms with Gasteiger partial charge in [-0.25, -0.2) is 13.4 Å². The van der Waals surface area contributed by atoms with E-state index >= 15 is 0 Å². The van der Waals surface area contributed by atoms with E-state index in [4.69, 9.17) is 23.2 Å². The van der Waals surface area contributed by atoms with Gasteiger partial charge in [0.05, 0.1) is 16.0 Å². The summed E-state index contributed by atoms with van der Waals surface area (Å²) in [5, 5.41) is 7.70. The smallest absolute Gasteiger partial charge is 0.229 e. The molecule has 1 saturated heterocycles. The van der Waals surface area contributed by atoms with Gasteiger partial charge in [0, 0.05) is 55.7 Å². The van der Waals surface area contributed by atoms with Crippen LogP contribution >= 0.6 is 23.2 Å². The molecule has 3 heterocycles.